The average molecular weight is 489 g/mol. The quantitative estimate of drug-likeness (QED) is 0.282. The standard InChI is InChI=1S/C27H28N4O3S/c1-18(2)20-12-14-24(15-13-20)34-19(3)26-29-30-27(31(26)22-9-5-4-6-10-22)35-17-25(33)28-21-8-7-11-23(32)16-21/h4-16,18-19,32H,17H2,1-3H3,(H,28,33). The van der Waals surface area contributed by atoms with Gasteiger partial charge in [-0.1, -0.05) is 62.0 Å². The van der Waals surface area contributed by atoms with Crippen molar-refractivity contribution in [3.63, 3.8) is 0 Å². The van der Waals surface area contributed by atoms with Gasteiger partial charge in [0.1, 0.15) is 11.5 Å². The second kappa shape index (κ2) is 11.1. The zero-order chi connectivity index (χ0) is 24.8. The molecule has 1 amide bonds. The Kier molecular flexibility index (Phi) is 7.72. The third kappa shape index (κ3) is 6.22. The number of aromatic hydroxyl groups is 1. The number of carbonyl (C=O) groups is 1. The van der Waals surface area contributed by atoms with Crippen LogP contribution in [0, 0.1) is 0 Å². The van der Waals surface area contributed by atoms with E-state index in [0.717, 1.165) is 11.4 Å². The van der Waals surface area contributed by atoms with Crippen molar-refractivity contribution in [3.8, 4) is 17.2 Å². The van der Waals surface area contributed by atoms with Crippen LogP contribution in [0.1, 0.15) is 44.2 Å². The van der Waals surface area contributed by atoms with Crippen molar-refractivity contribution in [3.05, 3.63) is 90.3 Å². The van der Waals surface area contributed by atoms with Crippen LogP contribution in [0.4, 0.5) is 5.69 Å². The van der Waals surface area contributed by atoms with Gasteiger partial charge >= 0.3 is 0 Å². The smallest absolute Gasteiger partial charge is 0.234 e. The molecule has 0 fully saturated rings. The molecule has 1 atom stereocenters. The highest BCUT2D eigenvalue weighted by molar-refractivity contribution is 7.99. The molecule has 35 heavy (non-hydrogen) atoms. The molecule has 0 aliphatic rings. The van der Waals surface area contributed by atoms with Gasteiger partial charge in [0.05, 0.1) is 5.75 Å². The lowest BCUT2D eigenvalue weighted by Crippen LogP contribution is -2.15. The van der Waals surface area contributed by atoms with Crippen molar-refractivity contribution in [1.29, 1.82) is 0 Å². The predicted molar refractivity (Wildman–Crippen MR) is 138 cm³/mol. The van der Waals surface area contributed by atoms with Crippen LogP contribution in [0.5, 0.6) is 11.5 Å². The first-order valence-electron chi connectivity index (χ1n) is 11.4. The summed E-state index contributed by atoms with van der Waals surface area (Å²) in [4.78, 5) is 12.5. The highest BCUT2D eigenvalue weighted by Gasteiger charge is 2.21. The summed E-state index contributed by atoms with van der Waals surface area (Å²) in [5.74, 6) is 1.86. The number of phenols is 1. The summed E-state index contributed by atoms with van der Waals surface area (Å²) in [5, 5.41) is 21.7. The molecule has 0 saturated heterocycles. The highest BCUT2D eigenvalue weighted by Crippen LogP contribution is 2.29. The molecule has 180 valence electrons. The van der Waals surface area contributed by atoms with Crippen LogP contribution < -0.4 is 10.1 Å². The lowest BCUT2D eigenvalue weighted by Gasteiger charge is -2.17. The molecule has 2 N–H and O–H groups in total. The molecule has 1 aromatic heterocycles. The van der Waals surface area contributed by atoms with Crippen LogP contribution in [0.15, 0.2) is 84.0 Å². The Balaban J connectivity index is 1.52. The van der Waals surface area contributed by atoms with Crippen LogP contribution in [0.3, 0.4) is 0 Å². The van der Waals surface area contributed by atoms with Gasteiger partial charge < -0.3 is 15.2 Å². The molecule has 0 bridgehead atoms. The van der Waals surface area contributed by atoms with Crippen molar-refractivity contribution >= 4 is 23.4 Å². The van der Waals surface area contributed by atoms with Gasteiger partial charge in [0.25, 0.3) is 0 Å². The third-order valence-corrected chi connectivity index (χ3v) is 6.29. The number of amides is 1. The van der Waals surface area contributed by atoms with Crippen molar-refractivity contribution in [2.45, 2.75) is 37.9 Å². The van der Waals surface area contributed by atoms with Gasteiger partial charge in [-0.05, 0) is 54.8 Å². The minimum Gasteiger partial charge on any atom is -0.508 e. The van der Waals surface area contributed by atoms with Gasteiger partial charge in [-0.25, -0.2) is 0 Å². The van der Waals surface area contributed by atoms with Crippen molar-refractivity contribution in [1.82, 2.24) is 14.8 Å². The van der Waals surface area contributed by atoms with Gasteiger partial charge in [-0.15, -0.1) is 10.2 Å². The number of carbonyl (C=O) groups excluding carboxylic acids is 1. The van der Waals surface area contributed by atoms with Crippen LogP contribution in [0.2, 0.25) is 0 Å². The largest absolute Gasteiger partial charge is 0.508 e. The lowest BCUT2D eigenvalue weighted by molar-refractivity contribution is -0.113. The maximum atomic E-state index is 12.5. The Morgan fingerprint density at radius 1 is 1.00 bits per heavy atom. The molecule has 3 aromatic carbocycles. The van der Waals surface area contributed by atoms with E-state index in [-0.39, 0.29) is 23.5 Å². The number of aromatic nitrogens is 3. The lowest BCUT2D eigenvalue weighted by atomic mass is 10.0. The number of ether oxygens (including phenoxy) is 1. The second-order valence-corrected chi connectivity index (χ2v) is 9.33. The molecule has 0 aliphatic heterocycles. The van der Waals surface area contributed by atoms with Gasteiger partial charge in [0, 0.05) is 17.4 Å². The Labute approximate surface area is 209 Å². The molecule has 7 nitrogen and oxygen atoms in total. The number of para-hydroxylation sites is 1. The summed E-state index contributed by atoms with van der Waals surface area (Å²) in [6.45, 7) is 6.25. The van der Waals surface area contributed by atoms with E-state index >= 15 is 0 Å². The minimum atomic E-state index is -0.372. The topological polar surface area (TPSA) is 89.3 Å². The molecule has 0 spiro atoms. The van der Waals surface area contributed by atoms with Crippen molar-refractivity contribution in [2.24, 2.45) is 0 Å². The van der Waals surface area contributed by atoms with Gasteiger partial charge in [0.15, 0.2) is 17.1 Å². The fourth-order valence-corrected chi connectivity index (χ4v) is 4.32. The second-order valence-electron chi connectivity index (χ2n) is 8.38. The Hall–Kier alpha value is -3.78. The van der Waals surface area contributed by atoms with E-state index in [1.807, 2.05) is 54.0 Å². The third-order valence-electron chi connectivity index (χ3n) is 5.36. The molecule has 4 aromatic rings. The maximum absolute atomic E-state index is 12.5. The van der Waals surface area contributed by atoms with Gasteiger partial charge in [-0.3, -0.25) is 9.36 Å². The molecule has 0 saturated carbocycles. The summed E-state index contributed by atoms with van der Waals surface area (Å²) >= 11 is 1.28. The molecule has 0 radical (unpaired) electrons. The van der Waals surface area contributed by atoms with E-state index in [1.54, 1.807) is 18.2 Å². The van der Waals surface area contributed by atoms with Crippen molar-refractivity contribution in [2.75, 3.05) is 11.1 Å². The summed E-state index contributed by atoms with van der Waals surface area (Å²) in [5.41, 5.74) is 2.67. The predicted octanol–water partition coefficient (Wildman–Crippen LogP) is 5.97. The number of nitrogens with zero attached hydrogens (tertiary/aromatic N) is 3. The highest BCUT2D eigenvalue weighted by atomic mass is 32.2. The van der Waals surface area contributed by atoms with E-state index in [0.29, 0.717) is 22.6 Å². The number of hydrogen-bond acceptors (Lipinski definition) is 6. The number of benzene rings is 3. The zero-order valence-corrected chi connectivity index (χ0v) is 20.7. The first-order valence-corrected chi connectivity index (χ1v) is 12.4. The summed E-state index contributed by atoms with van der Waals surface area (Å²) in [6, 6.07) is 24.3. The Morgan fingerprint density at radius 2 is 1.74 bits per heavy atom. The first kappa shape index (κ1) is 24.3. The fourth-order valence-electron chi connectivity index (χ4n) is 3.56. The molecule has 1 unspecified atom stereocenters. The van der Waals surface area contributed by atoms with E-state index in [9.17, 15) is 9.90 Å². The fraction of sp³-hybridized carbons (Fsp3) is 0.222. The van der Waals surface area contributed by atoms with Gasteiger partial charge in [-0.2, -0.15) is 0 Å². The van der Waals surface area contributed by atoms with E-state index < -0.39 is 0 Å². The first-order chi connectivity index (χ1) is 16.9. The SMILES string of the molecule is CC(C)c1ccc(OC(C)c2nnc(SCC(=O)Nc3cccc(O)c3)n2-c2ccccc2)cc1. The summed E-state index contributed by atoms with van der Waals surface area (Å²) in [7, 11) is 0. The van der Waals surface area contributed by atoms with Gasteiger partial charge in [0.2, 0.25) is 5.91 Å². The number of thioether (sulfide) groups is 1. The van der Waals surface area contributed by atoms with E-state index in [2.05, 4.69) is 41.5 Å². The number of hydrogen-bond donors (Lipinski definition) is 2. The number of phenolic OH excluding ortho intramolecular Hbond substituents is 1. The normalized spacial score (nSPS) is 11.9. The number of rotatable bonds is 9. The number of nitrogens with one attached hydrogen (secondary N) is 1. The monoisotopic (exact) mass is 488 g/mol. The van der Waals surface area contributed by atoms with E-state index in [1.165, 1.54) is 23.4 Å². The Morgan fingerprint density at radius 3 is 2.43 bits per heavy atom. The molecule has 8 heteroatoms. The van der Waals surface area contributed by atoms with Crippen LogP contribution in [-0.4, -0.2) is 31.5 Å². The molecule has 1 heterocycles. The van der Waals surface area contributed by atoms with Crippen LogP contribution >= 0.6 is 11.8 Å². The molecular weight excluding hydrogens is 460 g/mol. The summed E-state index contributed by atoms with van der Waals surface area (Å²) in [6.07, 6.45) is -0.372. The zero-order valence-electron chi connectivity index (χ0n) is 19.9. The molecule has 0 aliphatic carbocycles. The van der Waals surface area contributed by atoms with Crippen molar-refractivity contribution < 1.29 is 14.6 Å². The number of anilines is 1. The molecular formula is C27H28N4O3S. The summed E-state index contributed by atoms with van der Waals surface area (Å²) < 4.78 is 8.11. The maximum Gasteiger partial charge on any atom is 0.234 e. The Bertz CT molecular complexity index is 1270. The van der Waals surface area contributed by atoms with Crippen LogP contribution in [-0.2, 0) is 4.79 Å². The molecule has 4 rings (SSSR count). The van der Waals surface area contributed by atoms with E-state index in [4.69, 9.17) is 4.74 Å². The van der Waals surface area contributed by atoms with Crippen LogP contribution in [0.25, 0.3) is 5.69 Å². The average Bonchev–Trinajstić information content (AvgIpc) is 3.28. The minimum absolute atomic E-state index is 0.0942.